The summed E-state index contributed by atoms with van der Waals surface area (Å²) in [5.74, 6) is 0. The number of hydrogen-bond acceptors (Lipinski definition) is 3. The standard InChI is InChI=1S/C20H42O4S/c1-3-5-6-7-8-9-10-11-12-13-14-16-19(21)17-15-18-20(4-2)25(22,23)24/h19-21H,3-18H2,1-2H3,(H,22,23,24). The van der Waals surface area contributed by atoms with Crippen LogP contribution in [-0.2, 0) is 10.1 Å². The minimum absolute atomic E-state index is 0.336. The van der Waals surface area contributed by atoms with Crippen LogP contribution in [0.4, 0.5) is 0 Å². The summed E-state index contributed by atoms with van der Waals surface area (Å²) in [6, 6.07) is 0. The zero-order chi connectivity index (χ0) is 19.0. The average Bonchev–Trinajstić information content (AvgIpc) is 2.55. The molecule has 2 N–H and O–H groups in total. The summed E-state index contributed by atoms with van der Waals surface area (Å²) in [6.45, 7) is 4.01. The molecule has 0 aromatic carbocycles. The summed E-state index contributed by atoms with van der Waals surface area (Å²) >= 11 is 0. The maximum atomic E-state index is 11.1. The van der Waals surface area contributed by atoms with Crippen molar-refractivity contribution in [2.45, 2.75) is 128 Å². The normalized spacial score (nSPS) is 14.6. The first-order valence-electron chi connectivity index (χ1n) is 10.6. The van der Waals surface area contributed by atoms with Crippen molar-refractivity contribution in [2.24, 2.45) is 0 Å². The monoisotopic (exact) mass is 378 g/mol. The molecule has 0 aliphatic rings. The minimum Gasteiger partial charge on any atom is -0.393 e. The maximum Gasteiger partial charge on any atom is 0.267 e. The van der Waals surface area contributed by atoms with Gasteiger partial charge in [-0.25, -0.2) is 0 Å². The third-order valence-electron chi connectivity index (χ3n) is 5.08. The lowest BCUT2D eigenvalue weighted by atomic mass is 10.0. The second-order valence-electron chi connectivity index (χ2n) is 7.45. The van der Waals surface area contributed by atoms with Crippen LogP contribution in [-0.4, -0.2) is 29.4 Å². The van der Waals surface area contributed by atoms with Gasteiger partial charge in [-0.2, -0.15) is 8.42 Å². The van der Waals surface area contributed by atoms with Gasteiger partial charge in [-0.1, -0.05) is 84.5 Å². The Labute approximate surface area is 156 Å². The van der Waals surface area contributed by atoms with Crippen molar-refractivity contribution < 1.29 is 18.1 Å². The predicted octanol–water partition coefficient (Wildman–Crippen LogP) is 5.89. The van der Waals surface area contributed by atoms with E-state index in [9.17, 15) is 13.5 Å². The van der Waals surface area contributed by atoms with E-state index in [-0.39, 0.29) is 6.10 Å². The molecular formula is C20H42O4S. The zero-order valence-corrected chi connectivity index (χ0v) is 17.4. The number of aliphatic hydroxyl groups is 1. The first-order chi connectivity index (χ1) is 11.9. The van der Waals surface area contributed by atoms with E-state index in [1.54, 1.807) is 6.92 Å². The summed E-state index contributed by atoms with van der Waals surface area (Å²) in [5, 5.41) is 9.29. The fraction of sp³-hybridized carbons (Fsp3) is 1.00. The highest BCUT2D eigenvalue weighted by Gasteiger charge is 2.20. The number of aliphatic hydroxyl groups excluding tert-OH is 1. The summed E-state index contributed by atoms with van der Waals surface area (Å²) < 4.78 is 31.3. The minimum atomic E-state index is -3.93. The van der Waals surface area contributed by atoms with Gasteiger partial charge in [-0.3, -0.25) is 4.55 Å². The van der Waals surface area contributed by atoms with Crippen LogP contribution in [0.2, 0.25) is 0 Å². The van der Waals surface area contributed by atoms with E-state index in [1.807, 2.05) is 0 Å². The van der Waals surface area contributed by atoms with E-state index >= 15 is 0 Å². The summed E-state index contributed by atoms with van der Waals surface area (Å²) in [6.07, 6.45) is 16.9. The van der Waals surface area contributed by atoms with Gasteiger partial charge in [0, 0.05) is 0 Å². The van der Waals surface area contributed by atoms with Crippen LogP contribution in [0.1, 0.15) is 117 Å². The Bertz CT molecular complexity index is 381. The van der Waals surface area contributed by atoms with Gasteiger partial charge in [0.2, 0.25) is 0 Å². The first kappa shape index (κ1) is 24.9. The Morgan fingerprint density at radius 1 is 0.680 bits per heavy atom. The van der Waals surface area contributed by atoms with Crippen LogP contribution < -0.4 is 0 Å². The Hall–Kier alpha value is -0.130. The highest BCUT2D eigenvalue weighted by atomic mass is 32.2. The van der Waals surface area contributed by atoms with Gasteiger partial charge in [-0.15, -0.1) is 0 Å². The molecule has 0 saturated carbocycles. The zero-order valence-electron chi connectivity index (χ0n) is 16.6. The van der Waals surface area contributed by atoms with E-state index in [0.717, 1.165) is 12.8 Å². The van der Waals surface area contributed by atoms with E-state index < -0.39 is 15.4 Å². The lowest BCUT2D eigenvalue weighted by molar-refractivity contribution is 0.147. The Morgan fingerprint density at radius 3 is 1.56 bits per heavy atom. The van der Waals surface area contributed by atoms with Crippen LogP contribution in [0, 0.1) is 0 Å². The molecule has 4 nitrogen and oxygen atoms in total. The highest BCUT2D eigenvalue weighted by molar-refractivity contribution is 7.86. The molecule has 0 saturated heterocycles. The molecular weight excluding hydrogens is 336 g/mol. The largest absolute Gasteiger partial charge is 0.393 e. The van der Waals surface area contributed by atoms with Gasteiger partial charge in [0.05, 0.1) is 11.4 Å². The molecule has 0 aromatic rings. The van der Waals surface area contributed by atoms with Crippen molar-refractivity contribution in [1.29, 1.82) is 0 Å². The van der Waals surface area contributed by atoms with Crippen LogP contribution in [0.5, 0.6) is 0 Å². The van der Waals surface area contributed by atoms with Crippen molar-refractivity contribution in [2.75, 3.05) is 0 Å². The first-order valence-corrected chi connectivity index (χ1v) is 12.1. The number of rotatable bonds is 18. The Morgan fingerprint density at radius 2 is 1.12 bits per heavy atom. The van der Waals surface area contributed by atoms with Gasteiger partial charge in [-0.05, 0) is 32.1 Å². The summed E-state index contributed by atoms with van der Waals surface area (Å²) in [5.41, 5.74) is 0. The molecule has 0 aliphatic heterocycles. The van der Waals surface area contributed by atoms with E-state index in [0.29, 0.717) is 25.7 Å². The lowest BCUT2D eigenvalue weighted by Crippen LogP contribution is -2.20. The second kappa shape index (κ2) is 16.1. The van der Waals surface area contributed by atoms with Crippen molar-refractivity contribution in [3.63, 3.8) is 0 Å². The van der Waals surface area contributed by atoms with Crippen molar-refractivity contribution in [3.05, 3.63) is 0 Å². The van der Waals surface area contributed by atoms with E-state index in [4.69, 9.17) is 4.55 Å². The van der Waals surface area contributed by atoms with Gasteiger partial charge >= 0.3 is 0 Å². The molecule has 152 valence electrons. The number of unbranched alkanes of at least 4 members (excludes halogenated alkanes) is 10. The van der Waals surface area contributed by atoms with Crippen LogP contribution in [0.15, 0.2) is 0 Å². The lowest BCUT2D eigenvalue weighted by Gasteiger charge is -2.14. The summed E-state index contributed by atoms with van der Waals surface area (Å²) in [7, 11) is -3.93. The molecule has 0 aliphatic carbocycles. The molecule has 0 fully saturated rings. The third-order valence-corrected chi connectivity index (χ3v) is 6.49. The van der Waals surface area contributed by atoms with E-state index in [1.165, 1.54) is 64.2 Å². The molecule has 0 rings (SSSR count). The fourth-order valence-corrected chi connectivity index (χ4v) is 4.22. The number of hydrogen-bond donors (Lipinski definition) is 2. The van der Waals surface area contributed by atoms with Crippen molar-refractivity contribution >= 4 is 10.1 Å². The highest BCUT2D eigenvalue weighted by Crippen LogP contribution is 2.17. The SMILES string of the molecule is CCCCCCCCCCCCCC(O)CCCC(CC)S(=O)(=O)O. The molecule has 0 heterocycles. The fourth-order valence-electron chi connectivity index (χ4n) is 3.33. The molecule has 0 bridgehead atoms. The van der Waals surface area contributed by atoms with Gasteiger partial charge in [0.1, 0.15) is 0 Å². The smallest absolute Gasteiger partial charge is 0.267 e. The maximum absolute atomic E-state index is 11.1. The predicted molar refractivity (Wildman–Crippen MR) is 107 cm³/mol. The third kappa shape index (κ3) is 15.8. The molecule has 0 spiro atoms. The second-order valence-corrected chi connectivity index (χ2v) is 9.15. The molecule has 25 heavy (non-hydrogen) atoms. The molecule has 5 heteroatoms. The van der Waals surface area contributed by atoms with Crippen molar-refractivity contribution in [1.82, 2.24) is 0 Å². The summed E-state index contributed by atoms with van der Waals surface area (Å²) in [4.78, 5) is 0. The van der Waals surface area contributed by atoms with Crippen LogP contribution in [0.3, 0.4) is 0 Å². The Balaban J connectivity index is 3.42. The van der Waals surface area contributed by atoms with Crippen molar-refractivity contribution in [3.8, 4) is 0 Å². The molecule has 0 radical (unpaired) electrons. The average molecular weight is 379 g/mol. The molecule has 2 unspecified atom stereocenters. The Kier molecular flexibility index (Phi) is 16.0. The van der Waals surface area contributed by atoms with Gasteiger partial charge in [0.25, 0.3) is 10.1 Å². The topological polar surface area (TPSA) is 74.6 Å². The van der Waals surface area contributed by atoms with Gasteiger partial charge in [0.15, 0.2) is 0 Å². The van der Waals surface area contributed by atoms with Crippen LogP contribution in [0.25, 0.3) is 0 Å². The van der Waals surface area contributed by atoms with Crippen LogP contribution >= 0.6 is 0 Å². The van der Waals surface area contributed by atoms with E-state index in [2.05, 4.69) is 6.92 Å². The molecule has 0 amide bonds. The van der Waals surface area contributed by atoms with Gasteiger partial charge < -0.3 is 5.11 Å². The molecule has 2 atom stereocenters. The molecule has 0 aromatic heterocycles. The quantitative estimate of drug-likeness (QED) is 0.230.